The molecule has 7 heteroatoms. The average Bonchev–Trinajstić information content (AvgIpc) is 2.38. The van der Waals surface area contributed by atoms with Crippen LogP contribution >= 0.6 is 0 Å². The van der Waals surface area contributed by atoms with E-state index in [2.05, 4.69) is 10.1 Å². The molecule has 0 fully saturated rings. The first-order chi connectivity index (χ1) is 6.50. The first kappa shape index (κ1) is 9.10. The van der Waals surface area contributed by atoms with E-state index in [0.717, 1.165) is 4.52 Å². The molecule has 1 N–H and O–H groups in total. The summed E-state index contributed by atoms with van der Waals surface area (Å²) in [5.74, 6) is 0. The molecule has 0 bridgehead atoms. The Morgan fingerprint density at radius 3 is 2.86 bits per heavy atom. The van der Waals surface area contributed by atoms with E-state index in [9.17, 15) is 8.42 Å². The summed E-state index contributed by atoms with van der Waals surface area (Å²) in [7, 11) is -4.28. The smallest absolute Gasteiger partial charge is 0.281 e. The minimum absolute atomic E-state index is 0.228. The largest absolute Gasteiger partial charge is 0.314 e. The van der Waals surface area contributed by atoms with Crippen molar-refractivity contribution in [3.63, 3.8) is 0 Å². The van der Waals surface area contributed by atoms with Crippen LogP contribution in [0.3, 0.4) is 0 Å². The van der Waals surface area contributed by atoms with Gasteiger partial charge in [-0.1, -0.05) is 0 Å². The van der Waals surface area contributed by atoms with Gasteiger partial charge in [-0.05, 0) is 19.1 Å². The number of nitrogens with zero attached hydrogens (tertiary/aromatic N) is 3. The summed E-state index contributed by atoms with van der Waals surface area (Å²) in [6.07, 6.45) is 1.42. The van der Waals surface area contributed by atoms with Crippen molar-refractivity contribution in [3.8, 4) is 0 Å². The molecule has 2 aromatic heterocycles. The van der Waals surface area contributed by atoms with Crippen LogP contribution in [0.15, 0.2) is 23.4 Å². The van der Waals surface area contributed by atoms with Crippen molar-refractivity contribution in [2.75, 3.05) is 0 Å². The summed E-state index contributed by atoms with van der Waals surface area (Å²) in [5.41, 5.74) is 0.615. The standard InChI is InChI=1S/C7H7N3O3S/c1-5-7(14(11,12)13)10-6(9-5)3-2-4-8-10/h2-4H,1H3,(H,11,12,13). The Morgan fingerprint density at radius 2 is 2.21 bits per heavy atom. The number of imidazole rings is 1. The van der Waals surface area contributed by atoms with Crippen LogP contribution in [0.1, 0.15) is 5.69 Å². The van der Waals surface area contributed by atoms with Crippen LogP contribution in [0.4, 0.5) is 0 Å². The third kappa shape index (κ3) is 1.26. The van der Waals surface area contributed by atoms with Gasteiger partial charge in [0.05, 0.1) is 5.69 Å². The fraction of sp³-hybridized carbons (Fsp3) is 0.143. The van der Waals surface area contributed by atoms with Gasteiger partial charge in [0.15, 0.2) is 5.65 Å². The molecule has 0 aliphatic rings. The minimum atomic E-state index is -4.28. The molecular formula is C7H7N3O3S. The molecular weight excluding hydrogens is 206 g/mol. The summed E-state index contributed by atoms with van der Waals surface area (Å²) >= 11 is 0. The Kier molecular flexibility index (Phi) is 1.79. The minimum Gasteiger partial charge on any atom is -0.281 e. The maximum absolute atomic E-state index is 11.0. The van der Waals surface area contributed by atoms with Crippen molar-refractivity contribution < 1.29 is 13.0 Å². The highest BCUT2D eigenvalue weighted by molar-refractivity contribution is 7.85. The molecule has 0 saturated heterocycles. The van der Waals surface area contributed by atoms with Gasteiger partial charge in [0, 0.05) is 6.20 Å². The predicted octanol–water partition coefficient (Wildman–Crippen LogP) is 0.284. The Labute approximate surface area is 80.0 Å². The van der Waals surface area contributed by atoms with Gasteiger partial charge < -0.3 is 0 Å². The number of hydrogen-bond donors (Lipinski definition) is 1. The van der Waals surface area contributed by atoms with Gasteiger partial charge >= 0.3 is 10.1 Å². The van der Waals surface area contributed by atoms with Crippen molar-refractivity contribution in [1.29, 1.82) is 0 Å². The summed E-state index contributed by atoms with van der Waals surface area (Å²) in [6.45, 7) is 1.50. The van der Waals surface area contributed by atoms with E-state index >= 15 is 0 Å². The Balaban J connectivity index is 2.95. The molecule has 0 aromatic carbocycles. The van der Waals surface area contributed by atoms with Gasteiger partial charge in [-0.15, -0.1) is 0 Å². The molecule has 0 spiro atoms. The van der Waals surface area contributed by atoms with Gasteiger partial charge in [-0.2, -0.15) is 18.0 Å². The number of aryl methyl sites for hydroxylation is 1. The van der Waals surface area contributed by atoms with Gasteiger partial charge in [0.25, 0.3) is 0 Å². The van der Waals surface area contributed by atoms with Crippen LogP contribution in [-0.4, -0.2) is 27.6 Å². The van der Waals surface area contributed by atoms with E-state index < -0.39 is 10.1 Å². The zero-order valence-electron chi connectivity index (χ0n) is 7.25. The third-order valence-electron chi connectivity index (χ3n) is 1.76. The van der Waals surface area contributed by atoms with Gasteiger partial charge in [0.2, 0.25) is 5.03 Å². The van der Waals surface area contributed by atoms with E-state index in [1.54, 1.807) is 12.1 Å². The van der Waals surface area contributed by atoms with Crippen LogP contribution in [0.25, 0.3) is 5.65 Å². The average molecular weight is 213 g/mol. The molecule has 6 nitrogen and oxygen atoms in total. The van der Waals surface area contributed by atoms with E-state index in [1.807, 2.05) is 0 Å². The monoisotopic (exact) mass is 213 g/mol. The molecule has 0 saturated carbocycles. The topological polar surface area (TPSA) is 84.6 Å². The van der Waals surface area contributed by atoms with Gasteiger partial charge in [0.1, 0.15) is 0 Å². The van der Waals surface area contributed by atoms with Crippen LogP contribution in [0.2, 0.25) is 0 Å². The van der Waals surface area contributed by atoms with Crippen LogP contribution in [-0.2, 0) is 10.1 Å². The fourth-order valence-corrected chi connectivity index (χ4v) is 2.05. The maximum atomic E-state index is 11.0. The second kappa shape index (κ2) is 2.76. The van der Waals surface area contributed by atoms with Crippen LogP contribution in [0.5, 0.6) is 0 Å². The van der Waals surface area contributed by atoms with Crippen molar-refractivity contribution in [1.82, 2.24) is 14.6 Å². The first-order valence-corrected chi connectivity index (χ1v) is 5.22. The molecule has 0 radical (unpaired) electrons. The summed E-state index contributed by atoms with van der Waals surface area (Å²) in [5, 5.41) is 3.50. The molecule has 74 valence electrons. The molecule has 0 unspecified atom stereocenters. The van der Waals surface area contributed by atoms with Crippen LogP contribution in [0, 0.1) is 6.92 Å². The van der Waals surface area contributed by atoms with Gasteiger partial charge in [-0.3, -0.25) is 4.55 Å². The molecule has 14 heavy (non-hydrogen) atoms. The zero-order valence-corrected chi connectivity index (χ0v) is 8.06. The molecule has 0 aliphatic heterocycles. The van der Waals surface area contributed by atoms with Crippen molar-refractivity contribution >= 4 is 15.8 Å². The highest BCUT2D eigenvalue weighted by Crippen LogP contribution is 2.14. The number of fused-ring (bicyclic) bond motifs is 1. The summed E-state index contributed by atoms with van der Waals surface area (Å²) in [6, 6.07) is 3.24. The Morgan fingerprint density at radius 1 is 1.50 bits per heavy atom. The lowest BCUT2D eigenvalue weighted by atomic mass is 10.6. The fourth-order valence-electron chi connectivity index (χ4n) is 1.27. The zero-order chi connectivity index (χ0) is 10.3. The maximum Gasteiger partial charge on any atom is 0.314 e. The van der Waals surface area contributed by atoms with E-state index in [1.165, 1.54) is 13.1 Å². The van der Waals surface area contributed by atoms with E-state index in [0.29, 0.717) is 5.65 Å². The molecule has 0 atom stereocenters. The second-order valence-corrected chi connectivity index (χ2v) is 4.11. The first-order valence-electron chi connectivity index (χ1n) is 3.78. The summed E-state index contributed by atoms with van der Waals surface area (Å²) < 4.78 is 32.0. The second-order valence-electron chi connectivity index (χ2n) is 2.77. The van der Waals surface area contributed by atoms with Crippen molar-refractivity contribution in [2.24, 2.45) is 0 Å². The molecule has 0 amide bonds. The lowest BCUT2D eigenvalue weighted by Gasteiger charge is -1.96. The highest BCUT2D eigenvalue weighted by atomic mass is 32.2. The highest BCUT2D eigenvalue weighted by Gasteiger charge is 2.20. The lowest BCUT2D eigenvalue weighted by molar-refractivity contribution is 0.475. The quantitative estimate of drug-likeness (QED) is 0.688. The van der Waals surface area contributed by atoms with Crippen molar-refractivity contribution in [2.45, 2.75) is 11.9 Å². The van der Waals surface area contributed by atoms with Crippen molar-refractivity contribution in [3.05, 3.63) is 24.0 Å². The Hall–Kier alpha value is -1.47. The number of hydrogen-bond acceptors (Lipinski definition) is 4. The molecule has 2 heterocycles. The summed E-state index contributed by atoms with van der Waals surface area (Å²) in [4.78, 5) is 3.94. The Bertz CT molecular complexity index is 587. The lowest BCUT2D eigenvalue weighted by Crippen LogP contribution is -2.06. The van der Waals surface area contributed by atoms with E-state index in [-0.39, 0.29) is 10.7 Å². The SMILES string of the molecule is Cc1nc2cccnn2c1S(=O)(=O)O. The van der Waals surface area contributed by atoms with Gasteiger partial charge in [-0.25, -0.2) is 4.98 Å². The molecule has 2 aromatic rings. The normalized spacial score (nSPS) is 12.1. The number of rotatable bonds is 1. The third-order valence-corrected chi connectivity index (χ3v) is 2.72. The predicted molar refractivity (Wildman–Crippen MR) is 47.5 cm³/mol. The molecule has 0 aliphatic carbocycles. The number of aromatic nitrogens is 3. The molecule has 2 rings (SSSR count). The van der Waals surface area contributed by atoms with E-state index in [4.69, 9.17) is 4.55 Å². The van der Waals surface area contributed by atoms with Crippen LogP contribution < -0.4 is 0 Å².